The first-order valence-corrected chi connectivity index (χ1v) is 5.00. The number of rotatable bonds is 3. The van der Waals surface area contributed by atoms with E-state index in [1.807, 2.05) is 32.0 Å². The van der Waals surface area contributed by atoms with E-state index in [0.717, 1.165) is 11.1 Å². The highest BCUT2D eigenvalue weighted by molar-refractivity contribution is 5.77. The quantitative estimate of drug-likeness (QED) is 0.754. The van der Waals surface area contributed by atoms with Gasteiger partial charge in [0.2, 0.25) is 0 Å². The van der Waals surface area contributed by atoms with Crippen molar-refractivity contribution in [3.8, 4) is 6.07 Å². The highest BCUT2D eigenvalue weighted by Crippen LogP contribution is 2.23. The summed E-state index contributed by atoms with van der Waals surface area (Å²) in [5.41, 5.74) is 3.23. The number of hydrogen-bond donors (Lipinski definition) is 0. The van der Waals surface area contributed by atoms with Crippen molar-refractivity contribution in [2.24, 2.45) is 0 Å². The average Bonchev–Trinajstić information content (AvgIpc) is 2.14. The monoisotopic (exact) mass is 201 g/mol. The molecule has 0 aliphatic carbocycles. The third-order valence-corrected chi connectivity index (χ3v) is 2.45. The molecule has 0 bridgehead atoms. The Labute approximate surface area is 90.5 Å². The van der Waals surface area contributed by atoms with Crippen molar-refractivity contribution < 1.29 is 4.79 Å². The zero-order chi connectivity index (χ0) is 11.4. The molecule has 1 unspecified atom stereocenters. The number of nitrogens with zero attached hydrogens (tertiary/aromatic N) is 1. The molecule has 0 aliphatic rings. The van der Waals surface area contributed by atoms with Crippen molar-refractivity contribution in [2.75, 3.05) is 0 Å². The van der Waals surface area contributed by atoms with E-state index in [1.165, 1.54) is 12.5 Å². The molecule has 1 aromatic rings. The van der Waals surface area contributed by atoms with Gasteiger partial charge >= 0.3 is 0 Å². The van der Waals surface area contributed by atoms with Gasteiger partial charge in [0.05, 0.1) is 12.0 Å². The number of ketones is 1. The van der Waals surface area contributed by atoms with Crippen molar-refractivity contribution in [2.45, 2.75) is 33.1 Å². The Morgan fingerprint density at radius 1 is 1.47 bits per heavy atom. The molecule has 78 valence electrons. The Balaban J connectivity index is 3.03. The molecular formula is C13H15NO. The maximum atomic E-state index is 11.0. The SMILES string of the molecule is CC(=O)CC(C#N)c1ccc(C)cc1C. The van der Waals surface area contributed by atoms with Crippen LogP contribution in [0.5, 0.6) is 0 Å². The summed E-state index contributed by atoms with van der Waals surface area (Å²) in [6, 6.07) is 8.16. The largest absolute Gasteiger partial charge is 0.300 e. The van der Waals surface area contributed by atoms with Gasteiger partial charge in [-0.3, -0.25) is 4.79 Å². The fourth-order valence-corrected chi connectivity index (χ4v) is 1.73. The van der Waals surface area contributed by atoms with Gasteiger partial charge in [-0.1, -0.05) is 23.8 Å². The molecule has 0 N–H and O–H groups in total. The molecule has 0 fully saturated rings. The number of Topliss-reactive ketones (excluding diaryl/α,β-unsaturated/α-hetero) is 1. The Bertz CT molecular complexity index is 415. The average molecular weight is 201 g/mol. The molecule has 0 saturated heterocycles. The minimum atomic E-state index is -0.303. The molecule has 1 rings (SSSR count). The van der Waals surface area contributed by atoms with Crippen LogP contribution < -0.4 is 0 Å². The van der Waals surface area contributed by atoms with Gasteiger partial charge in [0.25, 0.3) is 0 Å². The summed E-state index contributed by atoms with van der Waals surface area (Å²) in [7, 11) is 0. The van der Waals surface area contributed by atoms with Crippen LogP contribution in [0, 0.1) is 25.2 Å². The van der Waals surface area contributed by atoms with Gasteiger partial charge in [-0.15, -0.1) is 0 Å². The van der Waals surface area contributed by atoms with Crippen molar-refractivity contribution >= 4 is 5.78 Å². The van der Waals surface area contributed by atoms with Gasteiger partial charge < -0.3 is 0 Å². The topological polar surface area (TPSA) is 40.9 Å². The predicted molar refractivity (Wildman–Crippen MR) is 59.6 cm³/mol. The van der Waals surface area contributed by atoms with Crippen molar-refractivity contribution in [3.63, 3.8) is 0 Å². The summed E-state index contributed by atoms with van der Waals surface area (Å²) in [5, 5.41) is 9.02. The molecule has 1 aromatic carbocycles. The third kappa shape index (κ3) is 2.92. The predicted octanol–water partition coefficient (Wildman–Crippen LogP) is 2.89. The molecule has 0 heterocycles. The first-order valence-electron chi connectivity index (χ1n) is 5.00. The van der Waals surface area contributed by atoms with E-state index in [0.29, 0.717) is 6.42 Å². The molecule has 1 atom stereocenters. The zero-order valence-electron chi connectivity index (χ0n) is 9.37. The minimum absolute atomic E-state index is 0.0570. The van der Waals surface area contributed by atoms with Crippen LogP contribution in [0.15, 0.2) is 18.2 Å². The second kappa shape index (κ2) is 4.75. The fourth-order valence-electron chi connectivity index (χ4n) is 1.73. The van der Waals surface area contributed by atoms with Gasteiger partial charge in [0.1, 0.15) is 5.78 Å². The molecule has 0 amide bonds. The number of carbonyl (C=O) groups is 1. The van der Waals surface area contributed by atoms with Crippen LogP contribution in [-0.4, -0.2) is 5.78 Å². The van der Waals surface area contributed by atoms with E-state index in [1.54, 1.807) is 0 Å². The number of hydrogen-bond acceptors (Lipinski definition) is 2. The van der Waals surface area contributed by atoms with Crippen LogP contribution in [-0.2, 0) is 4.79 Å². The summed E-state index contributed by atoms with van der Waals surface area (Å²) in [4.78, 5) is 11.0. The molecule has 0 aromatic heterocycles. The normalized spacial score (nSPS) is 11.9. The molecule has 2 nitrogen and oxygen atoms in total. The summed E-state index contributed by atoms with van der Waals surface area (Å²) in [6.45, 7) is 5.52. The van der Waals surface area contributed by atoms with Crippen LogP contribution in [0.25, 0.3) is 0 Å². The molecule has 0 radical (unpaired) electrons. The van der Waals surface area contributed by atoms with Crippen molar-refractivity contribution in [1.29, 1.82) is 5.26 Å². The summed E-state index contributed by atoms with van der Waals surface area (Å²) in [6.07, 6.45) is 0.306. The van der Waals surface area contributed by atoms with E-state index in [9.17, 15) is 4.79 Å². The molecule has 0 spiro atoms. The Morgan fingerprint density at radius 2 is 2.13 bits per heavy atom. The van der Waals surface area contributed by atoms with Gasteiger partial charge in [-0.05, 0) is 31.9 Å². The van der Waals surface area contributed by atoms with Crippen LogP contribution in [0.4, 0.5) is 0 Å². The Kier molecular flexibility index (Phi) is 3.62. The summed E-state index contributed by atoms with van der Waals surface area (Å²) >= 11 is 0. The lowest BCUT2D eigenvalue weighted by Gasteiger charge is -2.11. The lowest BCUT2D eigenvalue weighted by atomic mass is 9.91. The van der Waals surface area contributed by atoms with E-state index >= 15 is 0 Å². The van der Waals surface area contributed by atoms with Gasteiger partial charge in [0, 0.05) is 6.42 Å². The molecule has 15 heavy (non-hydrogen) atoms. The van der Waals surface area contributed by atoms with E-state index < -0.39 is 0 Å². The van der Waals surface area contributed by atoms with Crippen LogP contribution in [0.3, 0.4) is 0 Å². The maximum absolute atomic E-state index is 11.0. The van der Waals surface area contributed by atoms with Crippen molar-refractivity contribution in [1.82, 2.24) is 0 Å². The third-order valence-electron chi connectivity index (χ3n) is 2.45. The molecule has 0 aliphatic heterocycles. The van der Waals surface area contributed by atoms with E-state index in [2.05, 4.69) is 6.07 Å². The van der Waals surface area contributed by atoms with Gasteiger partial charge in [-0.25, -0.2) is 0 Å². The number of benzene rings is 1. The van der Waals surface area contributed by atoms with Crippen LogP contribution >= 0.6 is 0 Å². The van der Waals surface area contributed by atoms with E-state index in [-0.39, 0.29) is 11.7 Å². The highest BCUT2D eigenvalue weighted by Gasteiger charge is 2.14. The maximum Gasteiger partial charge on any atom is 0.131 e. The lowest BCUT2D eigenvalue weighted by molar-refractivity contribution is -0.117. The summed E-state index contributed by atoms with van der Waals surface area (Å²) < 4.78 is 0. The molecular weight excluding hydrogens is 186 g/mol. The Morgan fingerprint density at radius 3 is 2.60 bits per heavy atom. The number of carbonyl (C=O) groups excluding carboxylic acids is 1. The second-order valence-electron chi connectivity index (χ2n) is 3.95. The minimum Gasteiger partial charge on any atom is -0.300 e. The number of nitriles is 1. The van der Waals surface area contributed by atoms with E-state index in [4.69, 9.17) is 5.26 Å². The molecule has 0 saturated carbocycles. The zero-order valence-corrected chi connectivity index (χ0v) is 9.37. The van der Waals surface area contributed by atoms with Gasteiger partial charge in [-0.2, -0.15) is 5.26 Å². The van der Waals surface area contributed by atoms with Crippen molar-refractivity contribution in [3.05, 3.63) is 34.9 Å². The smallest absolute Gasteiger partial charge is 0.131 e. The van der Waals surface area contributed by atoms with Crippen LogP contribution in [0.2, 0.25) is 0 Å². The van der Waals surface area contributed by atoms with Crippen LogP contribution in [0.1, 0.15) is 36.0 Å². The first kappa shape index (κ1) is 11.5. The first-order chi connectivity index (χ1) is 7.04. The summed E-state index contributed by atoms with van der Waals surface area (Å²) in [5.74, 6) is -0.246. The molecule has 2 heteroatoms. The van der Waals surface area contributed by atoms with Gasteiger partial charge in [0.15, 0.2) is 0 Å². The second-order valence-corrected chi connectivity index (χ2v) is 3.95. The standard InChI is InChI=1S/C13H15NO/c1-9-4-5-13(10(2)6-9)12(8-14)7-11(3)15/h4-6,12H,7H2,1-3H3. The lowest BCUT2D eigenvalue weighted by Crippen LogP contribution is -2.04. The highest BCUT2D eigenvalue weighted by atomic mass is 16.1. The number of aryl methyl sites for hydroxylation is 2. The fraction of sp³-hybridized carbons (Fsp3) is 0.385. The Hall–Kier alpha value is -1.62.